The highest BCUT2D eigenvalue weighted by atomic mass is 32.1. The summed E-state index contributed by atoms with van der Waals surface area (Å²) in [5.74, 6) is 0.499. The summed E-state index contributed by atoms with van der Waals surface area (Å²) in [6.07, 6.45) is 2.74. The molecule has 1 aliphatic heterocycles. The summed E-state index contributed by atoms with van der Waals surface area (Å²) in [6.45, 7) is 6.05. The molecule has 0 radical (unpaired) electrons. The molecule has 6 nitrogen and oxygen atoms in total. The Labute approximate surface area is 163 Å². The molecule has 3 rings (SSSR count). The monoisotopic (exact) mass is 391 g/mol. The third-order valence-electron chi connectivity index (χ3n) is 4.35. The Hall–Kier alpha value is -2.19. The van der Waals surface area contributed by atoms with E-state index in [2.05, 4.69) is 27.5 Å². The molecule has 0 unspecified atom stereocenters. The molecule has 0 amide bonds. The van der Waals surface area contributed by atoms with Gasteiger partial charge in [0.25, 0.3) is 0 Å². The maximum atomic E-state index is 14.5. The maximum Gasteiger partial charge on any atom is 0.191 e. The predicted molar refractivity (Wildman–Crippen MR) is 108 cm³/mol. The van der Waals surface area contributed by atoms with Crippen LogP contribution in [0.1, 0.15) is 15.4 Å². The molecule has 2 N–H and O–H groups in total. The second-order valence-corrected chi connectivity index (χ2v) is 7.67. The molecule has 1 aromatic carbocycles. The fourth-order valence-electron chi connectivity index (χ4n) is 2.93. The molecule has 2 heterocycles. The van der Waals surface area contributed by atoms with Crippen molar-refractivity contribution < 1.29 is 9.13 Å². The lowest BCUT2D eigenvalue weighted by Crippen LogP contribution is -2.38. The maximum absolute atomic E-state index is 14.5. The van der Waals surface area contributed by atoms with Crippen molar-refractivity contribution in [2.45, 2.75) is 19.9 Å². The second-order valence-electron chi connectivity index (χ2n) is 6.35. The first-order valence-electron chi connectivity index (χ1n) is 9.12. The van der Waals surface area contributed by atoms with Crippen molar-refractivity contribution in [2.24, 2.45) is 4.99 Å². The van der Waals surface area contributed by atoms with E-state index in [4.69, 9.17) is 4.74 Å². The molecule has 1 fully saturated rings. The first kappa shape index (κ1) is 19.6. The number of halogens is 1. The standard InChI is InChI=1S/C19H26FN5OS/c1-14-12-23-18(27-14)5-6-22-19(21-2)24-13-15-3-4-17(16(20)11-15)25-7-9-26-10-8-25/h3-4,11-12H,5-10,13H2,1-2H3,(H2,21,22,24). The number of nitrogens with one attached hydrogen (secondary N) is 2. The van der Waals surface area contributed by atoms with Crippen LogP contribution < -0.4 is 15.5 Å². The Kier molecular flexibility index (Phi) is 7.00. The summed E-state index contributed by atoms with van der Waals surface area (Å²) < 4.78 is 19.8. The van der Waals surface area contributed by atoms with Gasteiger partial charge in [0.05, 0.1) is 23.9 Å². The van der Waals surface area contributed by atoms with E-state index in [9.17, 15) is 4.39 Å². The number of aryl methyl sites for hydroxylation is 1. The summed E-state index contributed by atoms with van der Waals surface area (Å²) in [6, 6.07) is 5.38. The molecule has 1 aliphatic rings. The van der Waals surface area contributed by atoms with Gasteiger partial charge in [0.15, 0.2) is 5.96 Å². The van der Waals surface area contributed by atoms with Gasteiger partial charge in [0.2, 0.25) is 0 Å². The number of hydrogen-bond acceptors (Lipinski definition) is 5. The molecule has 0 bridgehead atoms. The minimum atomic E-state index is -0.196. The fourth-order valence-corrected chi connectivity index (χ4v) is 3.72. The quantitative estimate of drug-likeness (QED) is 0.585. The first-order valence-corrected chi connectivity index (χ1v) is 9.94. The molecule has 0 aliphatic carbocycles. The molecular weight excluding hydrogens is 365 g/mol. The Balaban J connectivity index is 1.48. The summed E-state index contributed by atoms with van der Waals surface area (Å²) >= 11 is 1.71. The average Bonchev–Trinajstić information content (AvgIpc) is 3.10. The Morgan fingerprint density at radius 1 is 1.33 bits per heavy atom. The Morgan fingerprint density at radius 2 is 2.15 bits per heavy atom. The highest BCUT2D eigenvalue weighted by Gasteiger charge is 2.15. The zero-order chi connectivity index (χ0) is 19.1. The van der Waals surface area contributed by atoms with Gasteiger partial charge in [-0.3, -0.25) is 4.99 Å². The Bertz CT molecular complexity index is 773. The molecule has 27 heavy (non-hydrogen) atoms. The fraction of sp³-hybridized carbons (Fsp3) is 0.474. The zero-order valence-electron chi connectivity index (χ0n) is 15.8. The van der Waals surface area contributed by atoms with Crippen LogP contribution in [0.15, 0.2) is 29.4 Å². The lowest BCUT2D eigenvalue weighted by atomic mass is 10.1. The predicted octanol–water partition coefficient (Wildman–Crippen LogP) is 2.33. The molecule has 0 saturated carbocycles. The van der Waals surface area contributed by atoms with Crippen LogP contribution in [-0.2, 0) is 17.7 Å². The summed E-state index contributed by atoms with van der Waals surface area (Å²) in [7, 11) is 1.73. The van der Waals surface area contributed by atoms with E-state index >= 15 is 0 Å². The van der Waals surface area contributed by atoms with E-state index in [0.29, 0.717) is 31.4 Å². The molecule has 1 aromatic heterocycles. The van der Waals surface area contributed by atoms with Crippen molar-refractivity contribution in [2.75, 3.05) is 44.8 Å². The number of thiazole rings is 1. The van der Waals surface area contributed by atoms with Gasteiger partial charge in [-0.2, -0.15) is 0 Å². The molecule has 1 saturated heterocycles. The topological polar surface area (TPSA) is 61.8 Å². The number of benzene rings is 1. The number of ether oxygens (including phenoxy) is 1. The smallest absolute Gasteiger partial charge is 0.191 e. The second kappa shape index (κ2) is 9.66. The average molecular weight is 392 g/mol. The number of rotatable bonds is 6. The number of morpholine rings is 1. The van der Waals surface area contributed by atoms with E-state index in [1.807, 2.05) is 23.2 Å². The molecular formula is C19H26FN5OS. The number of aromatic nitrogens is 1. The highest BCUT2D eigenvalue weighted by molar-refractivity contribution is 7.11. The van der Waals surface area contributed by atoms with E-state index in [-0.39, 0.29) is 5.82 Å². The van der Waals surface area contributed by atoms with Gasteiger partial charge in [-0.25, -0.2) is 9.37 Å². The van der Waals surface area contributed by atoms with Crippen LogP contribution in [0.3, 0.4) is 0 Å². The SMILES string of the molecule is CN=C(NCCc1ncc(C)s1)NCc1ccc(N2CCOCC2)c(F)c1. The molecule has 146 valence electrons. The van der Waals surface area contributed by atoms with Crippen LogP contribution in [0, 0.1) is 12.7 Å². The van der Waals surface area contributed by atoms with Crippen molar-refractivity contribution in [1.82, 2.24) is 15.6 Å². The summed E-state index contributed by atoms with van der Waals surface area (Å²) in [4.78, 5) is 11.8. The van der Waals surface area contributed by atoms with E-state index in [0.717, 1.165) is 36.6 Å². The number of hydrogen-bond donors (Lipinski definition) is 2. The molecule has 8 heteroatoms. The first-order chi connectivity index (χ1) is 13.2. The van der Waals surface area contributed by atoms with Crippen molar-refractivity contribution in [3.63, 3.8) is 0 Å². The van der Waals surface area contributed by atoms with Crippen molar-refractivity contribution in [1.29, 1.82) is 0 Å². The van der Waals surface area contributed by atoms with Crippen LogP contribution in [-0.4, -0.2) is 50.8 Å². The molecule has 2 aromatic rings. The number of nitrogens with zero attached hydrogens (tertiary/aromatic N) is 3. The van der Waals surface area contributed by atoms with E-state index in [1.165, 1.54) is 4.88 Å². The van der Waals surface area contributed by atoms with Crippen molar-refractivity contribution >= 4 is 23.0 Å². The normalized spacial score (nSPS) is 15.1. The number of anilines is 1. The lowest BCUT2D eigenvalue weighted by Gasteiger charge is -2.29. The van der Waals surface area contributed by atoms with Crippen LogP contribution in [0.25, 0.3) is 0 Å². The van der Waals surface area contributed by atoms with Gasteiger partial charge < -0.3 is 20.3 Å². The van der Waals surface area contributed by atoms with Gasteiger partial charge >= 0.3 is 0 Å². The largest absolute Gasteiger partial charge is 0.378 e. The lowest BCUT2D eigenvalue weighted by molar-refractivity contribution is 0.122. The summed E-state index contributed by atoms with van der Waals surface area (Å²) in [5.41, 5.74) is 1.52. The van der Waals surface area contributed by atoms with Crippen LogP contribution in [0.2, 0.25) is 0 Å². The van der Waals surface area contributed by atoms with Gasteiger partial charge in [-0.15, -0.1) is 11.3 Å². The zero-order valence-corrected chi connectivity index (χ0v) is 16.6. The minimum Gasteiger partial charge on any atom is -0.378 e. The number of guanidine groups is 1. The van der Waals surface area contributed by atoms with Gasteiger partial charge in [0.1, 0.15) is 5.82 Å². The van der Waals surface area contributed by atoms with Gasteiger partial charge in [-0.05, 0) is 24.6 Å². The van der Waals surface area contributed by atoms with Crippen molar-refractivity contribution in [3.8, 4) is 0 Å². The van der Waals surface area contributed by atoms with Crippen molar-refractivity contribution in [3.05, 3.63) is 45.7 Å². The minimum absolute atomic E-state index is 0.196. The van der Waals surface area contributed by atoms with Crippen LogP contribution in [0.4, 0.5) is 10.1 Å². The van der Waals surface area contributed by atoms with Crippen LogP contribution >= 0.6 is 11.3 Å². The Morgan fingerprint density at radius 3 is 2.81 bits per heavy atom. The van der Waals surface area contributed by atoms with Gasteiger partial charge in [0, 0.05) is 50.7 Å². The van der Waals surface area contributed by atoms with Gasteiger partial charge in [-0.1, -0.05) is 6.07 Å². The third-order valence-corrected chi connectivity index (χ3v) is 5.32. The highest BCUT2D eigenvalue weighted by Crippen LogP contribution is 2.21. The van der Waals surface area contributed by atoms with Crippen LogP contribution in [0.5, 0.6) is 0 Å². The third kappa shape index (κ3) is 5.64. The summed E-state index contributed by atoms with van der Waals surface area (Å²) in [5, 5.41) is 7.60. The molecule has 0 spiro atoms. The molecule has 0 atom stereocenters. The number of aliphatic imine (C=N–C) groups is 1. The van der Waals surface area contributed by atoms with E-state index in [1.54, 1.807) is 24.5 Å². The van der Waals surface area contributed by atoms with E-state index < -0.39 is 0 Å².